The van der Waals surface area contributed by atoms with Gasteiger partial charge in [-0.15, -0.1) is 22.0 Å². The highest BCUT2D eigenvalue weighted by molar-refractivity contribution is 8.01. The molecule has 1 aromatic rings. The summed E-state index contributed by atoms with van der Waals surface area (Å²) in [5.41, 5.74) is 0. The van der Waals surface area contributed by atoms with E-state index in [2.05, 4.69) is 10.2 Å². The van der Waals surface area contributed by atoms with Crippen molar-refractivity contribution < 1.29 is 19.5 Å². The summed E-state index contributed by atoms with van der Waals surface area (Å²) >= 11 is 2.19. The second-order valence-corrected chi connectivity index (χ2v) is 6.42. The third kappa shape index (κ3) is 3.15. The molecule has 0 spiro atoms. The summed E-state index contributed by atoms with van der Waals surface area (Å²) < 4.78 is 0. The van der Waals surface area contributed by atoms with Crippen molar-refractivity contribution in [2.75, 3.05) is 10.7 Å². The fraction of sp³-hybridized carbons (Fsp3) is 0.545. The van der Waals surface area contributed by atoms with Crippen LogP contribution in [0.5, 0.6) is 0 Å². The van der Waals surface area contributed by atoms with Crippen LogP contribution >= 0.6 is 23.1 Å². The van der Waals surface area contributed by atoms with Gasteiger partial charge in [0.15, 0.2) is 0 Å². The first kappa shape index (κ1) is 14.9. The van der Waals surface area contributed by atoms with Crippen molar-refractivity contribution in [1.29, 1.82) is 0 Å². The first-order chi connectivity index (χ1) is 9.52. The maximum absolute atomic E-state index is 12.1. The number of carboxylic acids is 1. The second kappa shape index (κ2) is 6.31. The number of carbonyl (C=O) groups excluding carboxylic acids is 2. The van der Waals surface area contributed by atoms with Crippen LogP contribution in [0.3, 0.4) is 0 Å². The van der Waals surface area contributed by atoms with Crippen molar-refractivity contribution in [2.24, 2.45) is 0 Å². The van der Waals surface area contributed by atoms with Crippen LogP contribution in [0.15, 0.2) is 0 Å². The van der Waals surface area contributed by atoms with E-state index < -0.39 is 17.1 Å². The number of aromatic nitrogens is 2. The van der Waals surface area contributed by atoms with Crippen molar-refractivity contribution in [3.63, 3.8) is 0 Å². The number of imide groups is 1. The summed E-state index contributed by atoms with van der Waals surface area (Å²) in [7, 11) is 0. The molecule has 2 amide bonds. The molecule has 1 aliphatic rings. The number of carbonyl (C=O) groups is 3. The average Bonchev–Trinajstić information content (AvgIpc) is 2.93. The molecule has 0 saturated carbocycles. The number of amides is 2. The number of hydrogen-bond donors (Lipinski definition) is 1. The Kier molecular flexibility index (Phi) is 4.71. The highest BCUT2D eigenvalue weighted by Crippen LogP contribution is 2.31. The lowest BCUT2D eigenvalue weighted by Crippen LogP contribution is -2.31. The molecule has 0 radical (unpaired) electrons. The van der Waals surface area contributed by atoms with Gasteiger partial charge in [-0.3, -0.25) is 14.4 Å². The Morgan fingerprint density at radius 1 is 1.50 bits per heavy atom. The minimum absolute atomic E-state index is 0.0134. The molecule has 2 heterocycles. The van der Waals surface area contributed by atoms with Crippen molar-refractivity contribution in [3.05, 3.63) is 5.01 Å². The minimum Gasteiger partial charge on any atom is -0.481 e. The van der Waals surface area contributed by atoms with Gasteiger partial charge in [-0.2, -0.15) is 0 Å². The second-order valence-electron chi connectivity index (χ2n) is 4.19. The molecule has 7 nitrogen and oxygen atoms in total. The van der Waals surface area contributed by atoms with Gasteiger partial charge < -0.3 is 5.11 Å². The Bertz CT molecular complexity index is 546. The van der Waals surface area contributed by atoms with Crippen molar-refractivity contribution in [1.82, 2.24) is 10.2 Å². The minimum atomic E-state index is -1.00. The molecule has 1 N–H and O–H groups in total. The molecule has 0 aromatic carbocycles. The molecule has 1 saturated heterocycles. The molecule has 1 fully saturated rings. The maximum Gasteiger partial charge on any atom is 0.313 e. The summed E-state index contributed by atoms with van der Waals surface area (Å²) in [6.07, 6.45) is 1.68. The van der Waals surface area contributed by atoms with Crippen molar-refractivity contribution in [2.45, 2.75) is 31.4 Å². The quantitative estimate of drug-likeness (QED) is 0.780. The van der Waals surface area contributed by atoms with Gasteiger partial charge in [0, 0.05) is 12.8 Å². The van der Waals surface area contributed by atoms with E-state index >= 15 is 0 Å². The Morgan fingerprint density at radius 3 is 2.90 bits per heavy atom. The van der Waals surface area contributed by atoms with Crippen LogP contribution in [0.1, 0.15) is 24.8 Å². The van der Waals surface area contributed by atoms with Gasteiger partial charge in [-0.1, -0.05) is 18.3 Å². The van der Waals surface area contributed by atoms with Gasteiger partial charge in [0.1, 0.15) is 5.01 Å². The van der Waals surface area contributed by atoms with Gasteiger partial charge in [-0.25, -0.2) is 4.90 Å². The zero-order valence-electron chi connectivity index (χ0n) is 10.7. The van der Waals surface area contributed by atoms with E-state index in [1.807, 2.05) is 6.92 Å². The number of anilines is 1. The predicted molar refractivity (Wildman–Crippen MR) is 74.9 cm³/mol. The molecular weight excluding hydrogens is 302 g/mol. The van der Waals surface area contributed by atoms with Gasteiger partial charge in [0.2, 0.25) is 16.9 Å². The third-order valence-electron chi connectivity index (χ3n) is 2.62. The fourth-order valence-electron chi connectivity index (χ4n) is 1.76. The Hall–Kier alpha value is -1.48. The maximum atomic E-state index is 12.1. The molecule has 9 heteroatoms. The van der Waals surface area contributed by atoms with Gasteiger partial charge >= 0.3 is 5.97 Å². The summed E-state index contributed by atoms with van der Waals surface area (Å²) in [5, 5.41) is 16.9. The SMILES string of the molecule is CCCc1nnc(N2C(=O)CC(SCC(=O)O)C2=O)s1. The number of aliphatic carboxylic acids is 1. The lowest BCUT2D eigenvalue weighted by atomic mass is 10.4. The van der Waals surface area contributed by atoms with Gasteiger partial charge in [-0.05, 0) is 6.42 Å². The molecule has 0 aliphatic carbocycles. The molecule has 108 valence electrons. The number of carboxylic acid groups (broad SMARTS) is 1. The monoisotopic (exact) mass is 315 g/mol. The van der Waals surface area contributed by atoms with Crippen LogP contribution in [0.4, 0.5) is 5.13 Å². The number of rotatable bonds is 6. The first-order valence-corrected chi connectivity index (χ1v) is 7.92. The standard InChI is InChI=1S/C11H13N3O4S2/c1-2-3-7-12-13-11(20-7)14-8(15)4-6(10(14)18)19-5-9(16)17/h6H,2-5H2,1H3,(H,16,17). The Balaban J connectivity index is 2.09. The smallest absolute Gasteiger partial charge is 0.313 e. The Morgan fingerprint density at radius 2 is 2.25 bits per heavy atom. The molecule has 1 atom stereocenters. The van der Waals surface area contributed by atoms with Crippen LogP contribution in [0.2, 0.25) is 0 Å². The van der Waals surface area contributed by atoms with E-state index in [0.717, 1.165) is 34.5 Å². The molecule has 1 aromatic heterocycles. The summed E-state index contributed by atoms with van der Waals surface area (Å²) in [4.78, 5) is 35.6. The zero-order chi connectivity index (χ0) is 14.7. The van der Waals surface area contributed by atoms with Crippen molar-refractivity contribution in [3.8, 4) is 0 Å². The van der Waals surface area contributed by atoms with E-state index in [1.54, 1.807) is 0 Å². The number of nitrogens with zero attached hydrogens (tertiary/aromatic N) is 3. The van der Waals surface area contributed by atoms with E-state index in [-0.39, 0.29) is 23.2 Å². The molecule has 20 heavy (non-hydrogen) atoms. The van der Waals surface area contributed by atoms with E-state index in [0.29, 0.717) is 0 Å². The topological polar surface area (TPSA) is 100 Å². The molecular formula is C11H13N3O4S2. The summed E-state index contributed by atoms with van der Waals surface area (Å²) in [5.74, 6) is -1.96. The average molecular weight is 315 g/mol. The molecule has 1 unspecified atom stereocenters. The van der Waals surface area contributed by atoms with Crippen LogP contribution in [0, 0.1) is 0 Å². The largest absolute Gasteiger partial charge is 0.481 e. The lowest BCUT2D eigenvalue weighted by molar-refractivity contribution is -0.134. The number of thioether (sulfide) groups is 1. The Labute approximate surface area is 123 Å². The normalized spacial score (nSPS) is 18.9. The van der Waals surface area contributed by atoms with Crippen LogP contribution in [-0.4, -0.2) is 44.1 Å². The van der Waals surface area contributed by atoms with Crippen LogP contribution < -0.4 is 4.90 Å². The number of aryl methyl sites for hydroxylation is 1. The van der Waals surface area contributed by atoms with E-state index in [4.69, 9.17) is 5.11 Å². The highest BCUT2D eigenvalue weighted by atomic mass is 32.2. The lowest BCUT2D eigenvalue weighted by Gasteiger charge is -2.09. The summed E-state index contributed by atoms with van der Waals surface area (Å²) in [6, 6.07) is 0. The van der Waals surface area contributed by atoms with E-state index in [1.165, 1.54) is 11.3 Å². The predicted octanol–water partition coefficient (Wildman–Crippen LogP) is 0.940. The molecule has 0 bridgehead atoms. The first-order valence-electron chi connectivity index (χ1n) is 6.05. The fourth-order valence-corrected chi connectivity index (χ4v) is 3.57. The van der Waals surface area contributed by atoms with Crippen LogP contribution in [0.25, 0.3) is 0 Å². The van der Waals surface area contributed by atoms with Crippen molar-refractivity contribution >= 4 is 46.0 Å². The van der Waals surface area contributed by atoms with Gasteiger partial charge in [0.05, 0.1) is 11.0 Å². The summed E-state index contributed by atoms with van der Waals surface area (Å²) in [6.45, 7) is 2.01. The highest BCUT2D eigenvalue weighted by Gasteiger charge is 2.41. The van der Waals surface area contributed by atoms with Gasteiger partial charge in [0.25, 0.3) is 0 Å². The van der Waals surface area contributed by atoms with Crippen LogP contribution in [-0.2, 0) is 20.8 Å². The van der Waals surface area contributed by atoms with E-state index in [9.17, 15) is 14.4 Å². The molecule has 1 aliphatic heterocycles. The zero-order valence-corrected chi connectivity index (χ0v) is 12.4. The third-order valence-corrected chi connectivity index (χ3v) is 4.78. The number of hydrogen-bond acceptors (Lipinski definition) is 7. The molecule has 2 rings (SSSR count).